The number of hydrogen-bond acceptors (Lipinski definition) is 7. The van der Waals surface area contributed by atoms with Crippen LogP contribution in [0.5, 0.6) is 0 Å². The van der Waals surface area contributed by atoms with Crippen LogP contribution < -0.4 is 5.32 Å². The molecule has 0 saturated carbocycles. The standard InChI is InChI=1S/C29H22N2O6S/c1-2-36-28(34)20-12-10-19(11-13-20)24-15-14-21(37-24)16-25-27(33)31(29(35)38-25)17-26(32)30-23-9-5-7-18-6-3-4-8-22(18)23/h3-16H,2,17H2,1H3,(H,30,32)/b25-16+. The number of anilines is 1. The maximum atomic E-state index is 12.9. The number of esters is 1. The molecule has 1 saturated heterocycles. The maximum absolute atomic E-state index is 12.9. The smallest absolute Gasteiger partial charge is 0.338 e. The summed E-state index contributed by atoms with van der Waals surface area (Å²) in [6.45, 7) is 1.64. The van der Waals surface area contributed by atoms with Crippen molar-refractivity contribution in [3.05, 3.63) is 95.1 Å². The molecule has 5 rings (SSSR count). The average molecular weight is 527 g/mol. The van der Waals surface area contributed by atoms with Gasteiger partial charge in [-0.3, -0.25) is 19.3 Å². The number of rotatable bonds is 7. The minimum Gasteiger partial charge on any atom is -0.462 e. The van der Waals surface area contributed by atoms with Gasteiger partial charge in [0.1, 0.15) is 18.1 Å². The Hall–Kier alpha value is -4.63. The number of carbonyl (C=O) groups excluding carboxylic acids is 4. The Kier molecular flexibility index (Phi) is 7.10. The highest BCUT2D eigenvalue weighted by Crippen LogP contribution is 2.33. The van der Waals surface area contributed by atoms with E-state index in [4.69, 9.17) is 9.15 Å². The van der Waals surface area contributed by atoms with Crippen LogP contribution in [0.15, 0.2) is 88.2 Å². The summed E-state index contributed by atoms with van der Waals surface area (Å²) in [6.07, 6.45) is 1.48. The summed E-state index contributed by atoms with van der Waals surface area (Å²) in [5.74, 6) is -0.539. The number of hydrogen-bond donors (Lipinski definition) is 1. The van der Waals surface area contributed by atoms with Gasteiger partial charge in [-0.25, -0.2) is 4.79 Å². The quantitative estimate of drug-likeness (QED) is 0.234. The summed E-state index contributed by atoms with van der Waals surface area (Å²) in [6, 6.07) is 23.3. The second-order valence-electron chi connectivity index (χ2n) is 8.34. The van der Waals surface area contributed by atoms with E-state index < -0.39 is 29.6 Å². The monoisotopic (exact) mass is 526 g/mol. The lowest BCUT2D eigenvalue weighted by atomic mass is 10.1. The number of fused-ring (bicyclic) bond motifs is 1. The van der Waals surface area contributed by atoms with Crippen molar-refractivity contribution in [3.8, 4) is 11.3 Å². The molecule has 1 aliphatic rings. The van der Waals surface area contributed by atoms with E-state index in [1.807, 2.05) is 36.4 Å². The van der Waals surface area contributed by atoms with Crippen LogP contribution in [0.25, 0.3) is 28.2 Å². The van der Waals surface area contributed by atoms with Crippen LogP contribution in [0.4, 0.5) is 10.5 Å². The van der Waals surface area contributed by atoms with Crippen molar-refractivity contribution in [2.45, 2.75) is 6.92 Å². The molecule has 1 aromatic heterocycles. The van der Waals surface area contributed by atoms with Crippen LogP contribution in [-0.4, -0.2) is 41.1 Å². The van der Waals surface area contributed by atoms with Crippen LogP contribution in [0.3, 0.4) is 0 Å². The van der Waals surface area contributed by atoms with Crippen molar-refractivity contribution < 1.29 is 28.3 Å². The molecule has 2 heterocycles. The Morgan fingerprint density at radius 1 is 0.974 bits per heavy atom. The van der Waals surface area contributed by atoms with Crippen molar-refractivity contribution >= 4 is 57.3 Å². The molecule has 9 heteroatoms. The summed E-state index contributed by atoms with van der Waals surface area (Å²) in [4.78, 5) is 51.0. The number of nitrogens with zero attached hydrogens (tertiary/aromatic N) is 1. The van der Waals surface area contributed by atoms with Crippen molar-refractivity contribution in [3.63, 3.8) is 0 Å². The first-order valence-electron chi connectivity index (χ1n) is 11.8. The molecule has 3 aromatic carbocycles. The predicted molar refractivity (Wildman–Crippen MR) is 145 cm³/mol. The van der Waals surface area contributed by atoms with Crippen molar-refractivity contribution in [1.82, 2.24) is 4.90 Å². The topological polar surface area (TPSA) is 106 Å². The predicted octanol–water partition coefficient (Wildman–Crippen LogP) is 5.95. The number of furan rings is 1. The van der Waals surface area contributed by atoms with Gasteiger partial charge in [-0.05, 0) is 54.4 Å². The zero-order chi connectivity index (χ0) is 26.6. The molecule has 0 aliphatic carbocycles. The fraction of sp³-hybridized carbons (Fsp3) is 0.103. The van der Waals surface area contributed by atoms with E-state index >= 15 is 0 Å². The molecule has 0 unspecified atom stereocenters. The van der Waals surface area contributed by atoms with Crippen molar-refractivity contribution in [2.24, 2.45) is 0 Å². The summed E-state index contributed by atoms with van der Waals surface area (Å²) in [5.41, 5.74) is 1.77. The number of carbonyl (C=O) groups is 4. The highest BCUT2D eigenvalue weighted by Gasteiger charge is 2.36. The number of ether oxygens (including phenoxy) is 1. The van der Waals surface area contributed by atoms with E-state index in [2.05, 4.69) is 5.32 Å². The Bertz CT molecular complexity index is 1580. The Labute approximate surface area is 222 Å². The van der Waals surface area contributed by atoms with Gasteiger partial charge in [-0.2, -0.15) is 0 Å². The van der Waals surface area contributed by atoms with Gasteiger partial charge in [0.05, 0.1) is 17.1 Å². The summed E-state index contributed by atoms with van der Waals surface area (Å²) >= 11 is 0.749. The van der Waals surface area contributed by atoms with E-state index in [1.54, 1.807) is 49.4 Å². The van der Waals surface area contributed by atoms with E-state index in [0.29, 0.717) is 29.4 Å². The maximum Gasteiger partial charge on any atom is 0.338 e. The fourth-order valence-corrected chi connectivity index (χ4v) is 4.82. The zero-order valence-electron chi connectivity index (χ0n) is 20.3. The number of nitrogens with one attached hydrogen (secondary N) is 1. The molecular weight excluding hydrogens is 504 g/mol. The minimum atomic E-state index is -0.565. The van der Waals surface area contributed by atoms with E-state index in [0.717, 1.165) is 33.0 Å². The number of amides is 3. The van der Waals surface area contributed by atoms with E-state index in [9.17, 15) is 19.2 Å². The largest absolute Gasteiger partial charge is 0.462 e. The Balaban J connectivity index is 1.26. The Morgan fingerprint density at radius 3 is 2.53 bits per heavy atom. The SMILES string of the molecule is CCOC(=O)c1ccc(-c2ccc(/C=C3/SC(=O)N(CC(=O)Nc4cccc5ccccc45)C3=O)o2)cc1. The fourth-order valence-electron chi connectivity index (χ4n) is 4.00. The summed E-state index contributed by atoms with van der Waals surface area (Å²) < 4.78 is 10.8. The highest BCUT2D eigenvalue weighted by molar-refractivity contribution is 8.18. The molecular formula is C29H22N2O6S. The van der Waals surface area contributed by atoms with Crippen LogP contribution in [0, 0.1) is 0 Å². The first-order valence-corrected chi connectivity index (χ1v) is 12.6. The molecule has 1 aliphatic heterocycles. The van der Waals surface area contributed by atoms with Crippen molar-refractivity contribution in [2.75, 3.05) is 18.5 Å². The lowest BCUT2D eigenvalue weighted by molar-refractivity contribution is -0.127. The third kappa shape index (κ3) is 5.23. The van der Waals surface area contributed by atoms with Crippen LogP contribution in [0.2, 0.25) is 0 Å². The second-order valence-corrected chi connectivity index (χ2v) is 9.34. The molecule has 1 N–H and O–H groups in total. The van der Waals surface area contributed by atoms with Crippen LogP contribution >= 0.6 is 11.8 Å². The highest BCUT2D eigenvalue weighted by atomic mass is 32.2. The van der Waals surface area contributed by atoms with Gasteiger partial charge < -0.3 is 14.5 Å². The molecule has 190 valence electrons. The normalized spacial score (nSPS) is 14.3. The van der Waals surface area contributed by atoms with Gasteiger partial charge in [0.15, 0.2) is 0 Å². The molecule has 3 amide bonds. The second kappa shape index (κ2) is 10.8. The van der Waals surface area contributed by atoms with Gasteiger partial charge in [-0.15, -0.1) is 0 Å². The average Bonchev–Trinajstić information content (AvgIpc) is 3.49. The molecule has 1 fully saturated rings. The molecule has 0 bridgehead atoms. The Morgan fingerprint density at radius 2 is 1.74 bits per heavy atom. The summed E-state index contributed by atoms with van der Waals surface area (Å²) in [7, 11) is 0. The van der Waals surface area contributed by atoms with Gasteiger partial charge in [0.2, 0.25) is 5.91 Å². The van der Waals surface area contributed by atoms with Gasteiger partial charge in [0, 0.05) is 22.7 Å². The minimum absolute atomic E-state index is 0.159. The molecule has 4 aromatic rings. The molecule has 38 heavy (non-hydrogen) atoms. The van der Waals surface area contributed by atoms with Crippen molar-refractivity contribution in [1.29, 1.82) is 0 Å². The molecule has 0 radical (unpaired) electrons. The molecule has 8 nitrogen and oxygen atoms in total. The first-order chi connectivity index (χ1) is 18.4. The number of imide groups is 1. The van der Waals surface area contributed by atoms with Gasteiger partial charge in [-0.1, -0.05) is 48.5 Å². The lowest BCUT2D eigenvalue weighted by Crippen LogP contribution is -2.36. The van der Waals surface area contributed by atoms with Gasteiger partial charge in [0.25, 0.3) is 11.1 Å². The third-order valence-corrected chi connectivity index (χ3v) is 6.73. The number of benzene rings is 3. The lowest BCUT2D eigenvalue weighted by Gasteiger charge is -2.13. The van der Waals surface area contributed by atoms with Gasteiger partial charge >= 0.3 is 5.97 Å². The number of thioether (sulfide) groups is 1. The van der Waals surface area contributed by atoms with Crippen LogP contribution in [0.1, 0.15) is 23.0 Å². The first kappa shape index (κ1) is 25.0. The van der Waals surface area contributed by atoms with E-state index in [1.165, 1.54) is 6.08 Å². The zero-order valence-corrected chi connectivity index (χ0v) is 21.1. The van der Waals surface area contributed by atoms with Crippen LogP contribution in [-0.2, 0) is 14.3 Å². The molecule has 0 atom stereocenters. The summed E-state index contributed by atoms with van der Waals surface area (Å²) in [5, 5.41) is 4.09. The third-order valence-electron chi connectivity index (χ3n) is 5.82. The molecule has 0 spiro atoms. The van der Waals surface area contributed by atoms with E-state index in [-0.39, 0.29) is 4.91 Å².